The zero-order valence-electron chi connectivity index (χ0n) is 9.58. The molecular formula is C12H21NOS. The van der Waals surface area contributed by atoms with Gasteiger partial charge in [0.2, 0.25) is 0 Å². The van der Waals surface area contributed by atoms with Gasteiger partial charge < -0.3 is 4.90 Å². The number of carbonyl (C=O) groups excluding carboxylic acids is 1. The average molecular weight is 227 g/mol. The van der Waals surface area contributed by atoms with E-state index in [0.717, 1.165) is 31.1 Å². The summed E-state index contributed by atoms with van der Waals surface area (Å²) in [5.41, 5.74) is 0. The molecule has 2 fully saturated rings. The van der Waals surface area contributed by atoms with Crippen molar-refractivity contribution >= 4 is 17.5 Å². The first-order valence-corrected chi connectivity index (χ1v) is 7.17. The van der Waals surface area contributed by atoms with Crippen molar-refractivity contribution in [1.82, 2.24) is 4.90 Å². The summed E-state index contributed by atoms with van der Waals surface area (Å²) >= 11 is 2.06. The van der Waals surface area contributed by atoms with Crippen LogP contribution in [0.3, 0.4) is 0 Å². The van der Waals surface area contributed by atoms with Gasteiger partial charge in [0.15, 0.2) is 0 Å². The third-order valence-corrected chi connectivity index (χ3v) is 4.62. The predicted molar refractivity (Wildman–Crippen MR) is 65.3 cm³/mol. The minimum Gasteiger partial charge on any atom is -0.301 e. The van der Waals surface area contributed by atoms with Crippen LogP contribution < -0.4 is 0 Å². The van der Waals surface area contributed by atoms with Gasteiger partial charge in [-0.1, -0.05) is 13.3 Å². The zero-order chi connectivity index (χ0) is 10.7. The molecule has 1 aliphatic heterocycles. The molecule has 0 bridgehead atoms. The molecule has 0 N–H and O–H groups in total. The summed E-state index contributed by atoms with van der Waals surface area (Å²) in [6.07, 6.45) is 4.36. The number of rotatable bonds is 2. The van der Waals surface area contributed by atoms with Gasteiger partial charge in [-0.15, -0.1) is 0 Å². The highest BCUT2D eigenvalue weighted by Gasteiger charge is 2.26. The Bertz CT molecular complexity index is 232. The zero-order valence-corrected chi connectivity index (χ0v) is 10.4. The molecule has 15 heavy (non-hydrogen) atoms. The van der Waals surface area contributed by atoms with Crippen molar-refractivity contribution in [2.45, 2.75) is 37.9 Å². The fourth-order valence-electron chi connectivity index (χ4n) is 2.62. The normalized spacial score (nSPS) is 34.3. The Kier molecular flexibility index (Phi) is 4.09. The highest BCUT2D eigenvalue weighted by atomic mass is 32.2. The first-order valence-electron chi connectivity index (χ1n) is 6.12. The Labute approximate surface area is 96.8 Å². The van der Waals surface area contributed by atoms with Crippen LogP contribution in [0.5, 0.6) is 0 Å². The molecule has 3 heteroatoms. The van der Waals surface area contributed by atoms with Crippen molar-refractivity contribution in [2.75, 3.05) is 25.4 Å². The van der Waals surface area contributed by atoms with E-state index in [4.69, 9.17) is 0 Å². The Hall–Kier alpha value is -0.0200. The van der Waals surface area contributed by atoms with Gasteiger partial charge in [0, 0.05) is 43.0 Å². The molecule has 0 amide bonds. The number of Topliss-reactive ketones (excluding diaryl/α,β-unsaturated/α-hetero) is 1. The molecule has 0 aromatic carbocycles. The molecule has 0 spiro atoms. The molecule has 0 radical (unpaired) electrons. The summed E-state index contributed by atoms with van der Waals surface area (Å²) in [7, 11) is 0. The monoisotopic (exact) mass is 227 g/mol. The van der Waals surface area contributed by atoms with Gasteiger partial charge in [-0.25, -0.2) is 0 Å². The number of ketones is 1. The topological polar surface area (TPSA) is 20.3 Å². The lowest BCUT2D eigenvalue weighted by molar-refractivity contribution is -0.125. The van der Waals surface area contributed by atoms with Crippen molar-refractivity contribution in [2.24, 2.45) is 5.92 Å². The summed E-state index contributed by atoms with van der Waals surface area (Å²) in [6.45, 7) is 5.68. The van der Waals surface area contributed by atoms with Crippen molar-refractivity contribution in [3.05, 3.63) is 0 Å². The third-order valence-electron chi connectivity index (χ3n) is 3.48. The first-order chi connectivity index (χ1) is 7.25. The van der Waals surface area contributed by atoms with Crippen molar-refractivity contribution in [3.8, 4) is 0 Å². The lowest BCUT2D eigenvalue weighted by Crippen LogP contribution is -2.41. The van der Waals surface area contributed by atoms with Crippen LogP contribution in [0.1, 0.15) is 32.6 Å². The van der Waals surface area contributed by atoms with Crippen molar-refractivity contribution < 1.29 is 4.79 Å². The van der Waals surface area contributed by atoms with Gasteiger partial charge in [-0.05, 0) is 12.8 Å². The van der Waals surface area contributed by atoms with E-state index in [1.54, 1.807) is 0 Å². The molecule has 2 unspecified atom stereocenters. The SMILES string of the molecule is CC1CN(CC2CCCCC2=O)CCS1. The van der Waals surface area contributed by atoms with Gasteiger partial charge in [0.25, 0.3) is 0 Å². The molecule has 1 heterocycles. The fourth-order valence-corrected chi connectivity index (χ4v) is 3.70. The van der Waals surface area contributed by atoms with E-state index in [-0.39, 0.29) is 0 Å². The maximum absolute atomic E-state index is 11.7. The lowest BCUT2D eigenvalue weighted by atomic mass is 9.87. The van der Waals surface area contributed by atoms with Gasteiger partial charge >= 0.3 is 0 Å². The molecule has 86 valence electrons. The van der Waals surface area contributed by atoms with E-state index in [2.05, 4.69) is 23.6 Å². The molecule has 0 aromatic heterocycles. The van der Waals surface area contributed by atoms with Gasteiger partial charge in [-0.2, -0.15) is 11.8 Å². The number of nitrogens with zero attached hydrogens (tertiary/aromatic N) is 1. The van der Waals surface area contributed by atoms with E-state index < -0.39 is 0 Å². The third kappa shape index (κ3) is 3.22. The Balaban J connectivity index is 1.81. The van der Waals surface area contributed by atoms with Crippen LogP contribution in [0, 0.1) is 5.92 Å². The average Bonchev–Trinajstić information content (AvgIpc) is 2.22. The maximum atomic E-state index is 11.7. The second-order valence-corrected chi connectivity index (χ2v) is 6.40. The number of hydrogen-bond acceptors (Lipinski definition) is 3. The van der Waals surface area contributed by atoms with E-state index in [1.807, 2.05) is 0 Å². The van der Waals surface area contributed by atoms with Gasteiger partial charge in [0.1, 0.15) is 5.78 Å². The van der Waals surface area contributed by atoms with Crippen LogP contribution in [0.25, 0.3) is 0 Å². The van der Waals surface area contributed by atoms with E-state index in [0.29, 0.717) is 11.7 Å². The molecule has 1 saturated heterocycles. The fraction of sp³-hybridized carbons (Fsp3) is 0.917. The van der Waals surface area contributed by atoms with Crippen LogP contribution in [0.15, 0.2) is 0 Å². The van der Waals surface area contributed by atoms with Gasteiger partial charge in [-0.3, -0.25) is 4.79 Å². The molecule has 2 atom stereocenters. The Morgan fingerprint density at radius 2 is 2.33 bits per heavy atom. The minimum atomic E-state index is 0.356. The molecule has 2 nitrogen and oxygen atoms in total. The Morgan fingerprint density at radius 3 is 3.07 bits per heavy atom. The number of hydrogen-bond donors (Lipinski definition) is 0. The summed E-state index contributed by atoms with van der Waals surface area (Å²) in [4.78, 5) is 14.2. The molecule has 0 aromatic rings. The quantitative estimate of drug-likeness (QED) is 0.721. The molecule has 1 saturated carbocycles. The van der Waals surface area contributed by atoms with Crippen LogP contribution >= 0.6 is 11.8 Å². The van der Waals surface area contributed by atoms with Crippen molar-refractivity contribution in [1.29, 1.82) is 0 Å². The Morgan fingerprint density at radius 1 is 1.47 bits per heavy atom. The summed E-state index contributed by atoms with van der Waals surface area (Å²) in [5.74, 6) is 2.11. The second kappa shape index (κ2) is 5.35. The summed E-state index contributed by atoms with van der Waals surface area (Å²) < 4.78 is 0. The molecule has 2 aliphatic rings. The van der Waals surface area contributed by atoms with Crippen LogP contribution in [-0.2, 0) is 4.79 Å². The van der Waals surface area contributed by atoms with Crippen LogP contribution in [0.2, 0.25) is 0 Å². The minimum absolute atomic E-state index is 0.356. The molecule has 2 rings (SSSR count). The highest BCUT2D eigenvalue weighted by molar-refractivity contribution is 7.99. The highest BCUT2D eigenvalue weighted by Crippen LogP contribution is 2.24. The van der Waals surface area contributed by atoms with E-state index in [1.165, 1.54) is 25.3 Å². The largest absolute Gasteiger partial charge is 0.301 e. The smallest absolute Gasteiger partial charge is 0.137 e. The lowest BCUT2D eigenvalue weighted by Gasteiger charge is -2.33. The standard InChI is InChI=1S/C12H21NOS/c1-10-8-13(6-7-15-10)9-11-4-2-3-5-12(11)14/h10-11H,2-9H2,1H3. The summed E-state index contributed by atoms with van der Waals surface area (Å²) in [6, 6.07) is 0. The molecular weight excluding hydrogens is 206 g/mol. The molecule has 1 aliphatic carbocycles. The summed E-state index contributed by atoms with van der Waals surface area (Å²) in [5, 5.41) is 0.748. The second-order valence-electron chi connectivity index (χ2n) is 4.85. The number of thioether (sulfide) groups is 1. The first kappa shape index (κ1) is 11.5. The maximum Gasteiger partial charge on any atom is 0.137 e. The van der Waals surface area contributed by atoms with Crippen LogP contribution in [-0.4, -0.2) is 41.3 Å². The van der Waals surface area contributed by atoms with Crippen LogP contribution in [0.4, 0.5) is 0 Å². The number of carbonyl (C=O) groups is 1. The van der Waals surface area contributed by atoms with E-state index >= 15 is 0 Å². The van der Waals surface area contributed by atoms with Gasteiger partial charge in [0.05, 0.1) is 0 Å². The van der Waals surface area contributed by atoms with Crippen molar-refractivity contribution in [3.63, 3.8) is 0 Å². The van der Waals surface area contributed by atoms with E-state index in [9.17, 15) is 4.79 Å². The predicted octanol–water partition coefficient (Wildman–Crippen LogP) is 2.18.